The lowest BCUT2D eigenvalue weighted by Gasteiger charge is -2.38. The van der Waals surface area contributed by atoms with Crippen LogP contribution in [0.4, 0.5) is 0 Å². The van der Waals surface area contributed by atoms with E-state index in [4.69, 9.17) is 29.5 Å². The Labute approximate surface area is 196 Å². The molecule has 0 radical (unpaired) electrons. The smallest absolute Gasteiger partial charge is 0.348 e. The highest BCUT2D eigenvalue weighted by Gasteiger charge is 2.48. The molecule has 35 heavy (non-hydrogen) atoms. The van der Waals surface area contributed by atoms with Crippen LogP contribution < -0.4 is 9.47 Å². The minimum absolute atomic E-state index is 0.00600. The molecule has 1 saturated heterocycles. The van der Waals surface area contributed by atoms with Gasteiger partial charge in [-0.25, -0.2) is 19.2 Å². The summed E-state index contributed by atoms with van der Waals surface area (Å²) in [5.74, 6) is -6.74. The number of ether oxygens (including phenoxy) is 4. The van der Waals surface area contributed by atoms with E-state index >= 15 is 0 Å². The number of carboxylic acids is 3. The molecule has 192 valence electrons. The zero-order valence-corrected chi connectivity index (χ0v) is 17.8. The van der Waals surface area contributed by atoms with Gasteiger partial charge in [-0.3, -0.25) is 0 Å². The molecule has 15 nitrogen and oxygen atoms in total. The van der Waals surface area contributed by atoms with Gasteiger partial charge in [-0.2, -0.15) is 0 Å². The summed E-state index contributed by atoms with van der Waals surface area (Å²) in [5.41, 5.74) is 0.265. The number of hydrogen-bond donors (Lipinski definition) is 7. The van der Waals surface area contributed by atoms with Crippen LogP contribution in [0.25, 0.3) is 6.08 Å². The van der Waals surface area contributed by atoms with E-state index in [0.717, 1.165) is 12.2 Å². The van der Waals surface area contributed by atoms with E-state index in [2.05, 4.69) is 4.74 Å². The predicted molar refractivity (Wildman–Crippen MR) is 108 cm³/mol. The average molecular weight is 502 g/mol. The second kappa shape index (κ2) is 11.6. The highest BCUT2D eigenvalue weighted by molar-refractivity contribution is 5.91. The minimum atomic E-state index is -2.49. The molecule has 7 unspecified atom stereocenters. The Morgan fingerprint density at radius 1 is 0.971 bits per heavy atom. The van der Waals surface area contributed by atoms with Gasteiger partial charge in [-0.1, -0.05) is 6.07 Å². The molecule has 7 atom stereocenters. The molecule has 0 amide bonds. The third-order valence-corrected chi connectivity index (χ3v) is 4.68. The zero-order valence-electron chi connectivity index (χ0n) is 17.8. The van der Waals surface area contributed by atoms with Crippen molar-refractivity contribution < 1.29 is 73.9 Å². The van der Waals surface area contributed by atoms with Gasteiger partial charge in [-0.15, -0.1) is 0 Å². The third kappa shape index (κ3) is 6.65. The van der Waals surface area contributed by atoms with Crippen LogP contribution in [0.2, 0.25) is 0 Å². The second-order valence-corrected chi connectivity index (χ2v) is 7.08. The van der Waals surface area contributed by atoms with Crippen molar-refractivity contribution in [3.8, 4) is 11.5 Å². The van der Waals surface area contributed by atoms with Crippen molar-refractivity contribution in [2.75, 3.05) is 7.11 Å². The SMILES string of the molecule is COc1cc(/C=C/C(=O)OC(C(=O)O)C(O)C(=O)O)ccc1OC1OC(C(=O)O)C(O)C(O)C1O. The molecule has 1 aliphatic rings. The van der Waals surface area contributed by atoms with Gasteiger partial charge in [0, 0.05) is 6.08 Å². The molecular formula is C20H22O15. The van der Waals surface area contributed by atoms with Crippen molar-refractivity contribution in [3.63, 3.8) is 0 Å². The summed E-state index contributed by atoms with van der Waals surface area (Å²) >= 11 is 0. The molecule has 7 N–H and O–H groups in total. The van der Waals surface area contributed by atoms with Crippen LogP contribution >= 0.6 is 0 Å². The first kappa shape index (κ1) is 27.5. The molecule has 1 aromatic rings. The van der Waals surface area contributed by atoms with Gasteiger partial charge in [0.2, 0.25) is 12.4 Å². The van der Waals surface area contributed by atoms with E-state index in [1.807, 2.05) is 0 Å². The topological polar surface area (TPSA) is 247 Å². The van der Waals surface area contributed by atoms with Gasteiger partial charge < -0.3 is 54.7 Å². The molecule has 1 heterocycles. The quantitative estimate of drug-likeness (QED) is 0.128. The van der Waals surface area contributed by atoms with Gasteiger partial charge in [0.15, 0.2) is 23.7 Å². The summed E-state index contributed by atoms with van der Waals surface area (Å²) in [7, 11) is 1.23. The lowest BCUT2D eigenvalue weighted by molar-refractivity contribution is -0.271. The van der Waals surface area contributed by atoms with Crippen molar-refractivity contribution in [3.05, 3.63) is 29.8 Å². The van der Waals surface area contributed by atoms with Gasteiger partial charge in [0.1, 0.15) is 18.3 Å². The number of rotatable bonds is 10. The van der Waals surface area contributed by atoms with Crippen LogP contribution in [0.3, 0.4) is 0 Å². The van der Waals surface area contributed by atoms with E-state index in [0.29, 0.717) is 0 Å². The Balaban J connectivity index is 2.15. The Bertz CT molecular complexity index is 989. The average Bonchev–Trinajstić information content (AvgIpc) is 2.80. The number of benzene rings is 1. The fourth-order valence-electron chi connectivity index (χ4n) is 2.87. The summed E-state index contributed by atoms with van der Waals surface area (Å²) in [6, 6.07) is 3.91. The van der Waals surface area contributed by atoms with E-state index in [1.54, 1.807) is 0 Å². The first-order chi connectivity index (χ1) is 16.4. The Morgan fingerprint density at radius 2 is 1.63 bits per heavy atom. The summed E-state index contributed by atoms with van der Waals surface area (Å²) < 4.78 is 20.0. The number of aliphatic carboxylic acids is 3. The number of methoxy groups -OCH3 is 1. The fourth-order valence-corrected chi connectivity index (χ4v) is 2.87. The van der Waals surface area contributed by atoms with Crippen LogP contribution in [0.15, 0.2) is 24.3 Å². The number of carbonyl (C=O) groups is 4. The monoisotopic (exact) mass is 502 g/mol. The van der Waals surface area contributed by atoms with Gasteiger partial charge in [0.25, 0.3) is 0 Å². The van der Waals surface area contributed by atoms with Crippen molar-refractivity contribution in [2.45, 2.75) is 42.9 Å². The van der Waals surface area contributed by atoms with Crippen LogP contribution in [0.5, 0.6) is 11.5 Å². The maximum atomic E-state index is 11.9. The molecule has 1 aliphatic heterocycles. The van der Waals surface area contributed by atoms with E-state index < -0.39 is 66.8 Å². The highest BCUT2D eigenvalue weighted by atomic mass is 16.7. The van der Waals surface area contributed by atoms with Crippen LogP contribution in [0.1, 0.15) is 5.56 Å². The standard InChI is InChI=1S/C20H22O15/c1-32-9-6-7(3-5-10(21)34-16(19(30)31)14(25)17(26)27)2-4-8(9)33-20-13(24)11(22)12(23)15(35-20)18(28)29/h2-6,11-16,20,22-25H,1H3,(H,26,27)(H,28,29)(H,30,31)/b5-3+. The minimum Gasteiger partial charge on any atom is -0.493 e. The zero-order chi connectivity index (χ0) is 26.4. The maximum absolute atomic E-state index is 11.9. The molecule has 1 fully saturated rings. The molecule has 0 bridgehead atoms. The first-order valence-electron chi connectivity index (χ1n) is 9.66. The van der Waals surface area contributed by atoms with Crippen molar-refractivity contribution in [1.29, 1.82) is 0 Å². The van der Waals surface area contributed by atoms with E-state index in [9.17, 15) is 39.6 Å². The molecule has 0 spiro atoms. The maximum Gasteiger partial charge on any atom is 0.348 e. The van der Waals surface area contributed by atoms with E-state index in [-0.39, 0.29) is 17.1 Å². The number of esters is 1. The van der Waals surface area contributed by atoms with Gasteiger partial charge >= 0.3 is 23.9 Å². The second-order valence-electron chi connectivity index (χ2n) is 7.08. The number of aliphatic hydroxyl groups is 4. The third-order valence-electron chi connectivity index (χ3n) is 4.68. The molecule has 2 rings (SSSR count). The van der Waals surface area contributed by atoms with Gasteiger partial charge in [-0.05, 0) is 23.8 Å². The fraction of sp³-hybridized carbons (Fsp3) is 0.400. The number of carbonyl (C=O) groups excluding carboxylic acids is 1. The summed E-state index contributed by atoms with van der Waals surface area (Å²) in [5, 5.41) is 65.7. The lowest BCUT2D eigenvalue weighted by Crippen LogP contribution is -2.61. The van der Waals surface area contributed by atoms with Gasteiger partial charge in [0.05, 0.1) is 7.11 Å². The molecule has 0 aliphatic carbocycles. The van der Waals surface area contributed by atoms with Crippen molar-refractivity contribution >= 4 is 30.0 Å². The molecule has 15 heteroatoms. The number of aliphatic hydroxyl groups excluding tert-OH is 4. The number of hydrogen-bond acceptors (Lipinski definition) is 12. The largest absolute Gasteiger partial charge is 0.493 e. The van der Waals surface area contributed by atoms with Crippen LogP contribution in [-0.2, 0) is 28.7 Å². The first-order valence-corrected chi connectivity index (χ1v) is 9.66. The van der Waals surface area contributed by atoms with Crippen molar-refractivity contribution in [2.24, 2.45) is 0 Å². The number of carboxylic acid groups (broad SMARTS) is 3. The Hall–Kier alpha value is -3.76. The van der Waals surface area contributed by atoms with Crippen LogP contribution in [-0.4, -0.2) is 110 Å². The Kier molecular flexibility index (Phi) is 9.10. The summed E-state index contributed by atoms with van der Waals surface area (Å²) in [4.78, 5) is 44.8. The predicted octanol–water partition coefficient (Wildman–Crippen LogP) is -2.58. The molecular weight excluding hydrogens is 480 g/mol. The normalized spacial score (nSPS) is 25.9. The van der Waals surface area contributed by atoms with E-state index in [1.165, 1.54) is 25.3 Å². The summed E-state index contributed by atoms with van der Waals surface area (Å²) in [6.07, 6.45) is -12.1. The van der Waals surface area contributed by atoms with Crippen LogP contribution in [0, 0.1) is 0 Å². The molecule has 0 aromatic heterocycles. The molecule has 1 aromatic carbocycles. The molecule has 0 saturated carbocycles. The van der Waals surface area contributed by atoms with Crippen molar-refractivity contribution in [1.82, 2.24) is 0 Å². The highest BCUT2D eigenvalue weighted by Crippen LogP contribution is 2.32. The summed E-state index contributed by atoms with van der Waals surface area (Å²) in [6.45, 7) is 0. The Morgan fingerprint density at radius 3 is 2.17 bits per heavy atom. The lowest BCUT2D eigenvalue weighted by atomic mass is 9.99.